The van der Waals surface area contributed by atoms with Crippen LogP contribution < -0.4 is 19.1 Å². The lowest BCUT2D eigenvalue weighted by Gasteiger charge is -2.22. The molecule has 0 aromatic heterocycles. The highest BCUT2D eigenvalue weighted by Crippen LogP contribution is 2.56. The van der Waals surface area contributed by atoms with Crippen LogP contribution in [0.5, 0.6) is 17.2 Å². The van der Waals surface area contributed by atoms with Crippen molar-refractivity contribution in [1.29, 1.82) is 0 Å². The van der Waals surface area contributed by atoms with Gasteiger partial charge in [-0.2, -0.15) is 0 Å². The molecule has 0 amide bonds. The van der Waals surface area contributed by atoms with Crippen LogP contribution in [-0.2, 0) is 11.8 Å². The van der Waals surface area contributed by atoms with Gasteiger partial charge in [0.15, 0.2) is 0 Å². The number of hydrogen-bond donors (Lipinski definition) is 0. The quantitative estimate of drug-likeness (QED) is 0.378. The zero-order valence-corrected chi connectivity index (χ0v) is 18.5. The molecule has 3 nitrogen and oxygen atoms in total. The van der Waals surface area contributed by atoms with Gasteiger partial charge in [-0.25, -0.2) is 0 Å². The lowest BCUT2D eigenvalue weighted by atomic mass is 10.0. The molecular formula is C19H13Br2O3PS. The summed E-state index contributed by atoms with van der Waals surface area (Å²) in [5, 5.41) is 0.831. The largest absolute Gasteiger partial charge is 0.497 e. The van der Waals surface area contributed by atoms with Crippen molar-refractivity contribution in [2.75, 3.05) is 7.11 Å². The van der Waals surface area contributed by atoms with Gasteiger partial charge < -0.3 is 13.8 Å². The third-order valence-corrected chi connectivity index (χ3v) is 7.87. The Kier molecular flexibility index (Phi) is 4.86. The van der Waals surface area contributed by atoms with Crippen LogP contribution in [0.1, 0.15) is 0 Å². The van der Waals surface area contributed by atoms with Gasteiger partial charge in [0.25, 0.3) is 0 Å². The fraction of sp³-hybridized carbons (Fsp3) is 0.0526. The molecule has 26 heavy (non-hydrogen) atoms. The minimum absolute atomic E-state index is 0.712. The van der Waals surface area contributed by atoms with E-state index in [1.807, 2.05) is 60.7 Å². The van der Waals surface area contributed by atoms with E-state index in [2.05, 4.69) is 31.9 Å². The highest BCUT2D eigenvalue weighted by atomic mass is 79.9. The van der Waals surface area contributed by atoms with Crippen molar-refractivity contribution in [2.45, 2.75) is 0 Å². The first kappa shape index (κ1) is 18.1. The monoisotopic (exact) mass is 510 g/mol. The van der Waals surface area contributed by atoms with Gasteiger partial charge >= 0.3 is 6.49 Å². The molecule has 0 radical (unpaired) electrons. The Morgan fingerprint density at radius 2 is 1.31 bits per heavy atom. The standard InChI is InChI=1S/C19H13Br2O3PS/c1-22-14-4-6-15(7-5-14)25(26)23-18-8-2-12(20)10-16(18)17-11-13(21)3-9-19(17)24-25/h2-11H,1H3. The Hall–Kier alpha value is -1.33. The summed E-state index contributed by atoms with van der Waals surface area (Å²) in [7, 11) is 1.63. The maximum absolute atomic E-state index is 6.31. The van der Waals surface area contributed by atoms with Gasteiger partial charge in [0.05, 0.1) is 12.4 Å². The first-order valence-electron chi connectivity index (χ1n) is 7.72. The smallest absolute Gasteiger partial charge is 0.319 e. The van der Waals surface area contributed by atoms with Crippen LogP contribution in [0.15, 0.2) is 69.6 Å². The van der Waals surface area contributed by atoms with Crippen LogP contribution in [0.2, 0.25) is 0 Å². The molecule has 1 aliphatic heterocycles. The van der Waals surface area contributed by atoms with Crippen LogP contribution in [0.4, 0.5) is 0 Å². The SMILES string of the molecule is COc1ccc(P2(=S)Oc3ccc(Br)cc3-c3cc(Br)ccc3O2)cc1. The van der Waals surface area contributed by atoms with E-state index in [0.29, 0.717) is 11.5 Å². The first-order chi connectivity index (χ1) is 12.5. The number of rotatable bonds is 2. The van der Waals surface area contributed by atoms with Crippen molar-refractivity contribution in [3.63, 3.8) is 0 Å². The molecule has 3 aromatic carbocycles. The summed E-state index contributed by atoms with van der Waals surface area (Å²) in [5.41, 5.74) is 1.88. The molecule has 0 aliphatic carbocycles. The Morgan fingerprint density at radius 1 is 0.808 bits per heavy atom. The van der Waals surface area contributed by atoms with Gasteiger partial charge in [-0.15, -0.1) is 0 Å². The summed E-state index contributed by atoms with van der Waals surface area (Å²) in [6.45, 7) is -2.79. The van der Waals surface area contributed by atoms with Crippen molar-refractivity contribution in [3.05, 3.63) is 69.6 Å². The average molecular weight is 512 g/mol. The predicted molar refractivity (Wildman–Crippen MR) is 115 cm³/mol. The molecule has 1 heterocycles. The zero-order chi connectivity index (χ0) is 18.3. The molecule has 3 aromatic rings. The number of hydrogen-bond acceptors (Lipinski definition) is 4. The number of ether oxygens (including phenoxy) is 1. The average Bonchev–Trinajstić information content (AvgIpc) is 2.76. The normalized spacial score (nSPS) is 14.3. The minimum atomic E-state index is -2.79. The van der Waals surface area contributed by atoms with Crippen molar-refractivity contribution in [3.8, 4) is 28.4 Å². The fourth-order valence-corrected chi connectivity index (χ4v) is 5.90. The second kappa shape index (κ2) is 7.01. The first-order valence-corrected chi connectivity index (χ1v) is 11.9. The topological polar surface area (TPSA) is 27.7 Å². The van der Waals surface area contributed by atoms with Crippen molar-refractivity contribution in [1.82, 2.24) is 0 Å². The summed E-state index contributed by atoms with van der Waals surface area (Å²) in [6.07, 6.45) is 0. The van der Waals surface area contributed by atoms with E-state index in [4.69, 9.17) is 25.6 Å². The summed E-state index contributed by atoms with van der Waals surface area (Å²) in [6, 6.07) is 19.3. The third kappa shape index (κ3) is 3.31. The Labute approximate surface area is 173 Å². The number of halogens is 2. The van der Waals surface area contributed by atoms with Crippen LogP contribution in [0, 0.1) is 0 Å². The second-order valence-corrected chi connectivity index (χ2v) is 10.8. The molecular weight excluding hydrogens is 499 g/mol. The van der Waals surface area contributed by atoms with E-state index >= 15 is 0 Å². The van der Waals surface area contributed by atoms with E-state index in [1.54, 1.807) is 7.11 Å². The van der Waals surface area contributed by atoms with Crippen LogP contribution >= 0.6 is 38.4 Å². The molecule has 1 aliphatic rings. The lowest BCUT2D eigenvalue weighted by Crippen LogP contribution is -2.13. The molecule has 7 heteroatoms. The van der Waals surface area contributed by atoms with Crippen molar-refractivity contribution >= 4 is 55.5 Å². The maximum atomic E-state index is 6.31. The number of benzene rings is 3. The summed E-state index contributed by atoms with van der Waals surface area (Å²) < 4.78 is 19.8. The second-order valence-electron chi connectivity index (χ2n) is 5.66. The molecule has 0 spiro atoms. The van der Waals surface area contributed by atoms with E-state index in [1.165, 1.54) is 0 Å². The molecule has 0 N–H and O–H groups in total. The highest BCUT2D eigenvalue weighted by Gasteiger charge is 2.31. The van der Waals surface area contributed by atoms with Crippen molar-refractivity contribution in [2.24, 2.45) is 0 Å². The fourth-order valence-electron chi connectivity index (χ4n) is 2.73. The van der Waals surface area contributed by atoms with Gasteiger partial charge in [0.1, 0.15) is 17.2 Å². The summed E-state index contributed by atoms with van der Waals surface area (Å²) in [4.78, 5) is 0. The third-order valence-electron chi connectivity index (χ3n) is 4.00. The minimum Gasteiger partial charge on any atom is -0.497 e. The van der Waals surface area contributed by atoms with Crippen LogP contribution in [-0.4, -0.2) is 7.11 Å². The summed E-state index contributed by atoms with van der Waals surface area (Å²) >= 11 is 13.0. The Bertz CT molecular complexity index is 980. The Morgan fingerprint density at radius 3 is 1.77 bits per heavy atom. The van der Waals surface area contributed by atoms with Gasteiger partial charge in [-0.1, -0.05) is 31.9 Å². The predicted octanol–water partition coefficient (Wildman–Crippen LogP) is 6.29. The molecule has 0 fully saturated rings. The molecule has 0 atom stereocenters. The number of methoxy groups -OCH3 is 1. The van der Waals surface area contributed by atoms with Crippen LogP contribution in [0.25, 0.3) is 11.1 Å². The Balaban J connectivity index is 1.91. The molecule has 4 rings (SSSR count). The molecule has 0 saturated heterocycles. The lowest BCUT2D eigenvalue weighted by molar-refractivity contribution is 0.415. The van der Waals surface area contributed by atoms with Crippen molar-refractivity contribution < 1.29 is 13.8 Å². The summed E-state index contributed by atoms with van der Waals surface area (Å²) in [5.74, 6) is 2.19. The number of fused-ring (bicyclic) bond motifs is 3. The van der Waals surface area contributed by atoms with E-state index in [0.717, 1.165) is 31.1 Å². The van der Waals surface area contributed by atoms with E-state index < -0.39 is 6.49 Å². The molecule has 0 unspecified atom stereocenters. The molecule has 132 valence electrons. The zero-order valence-electron chi connectivity index (χ0n) is 13.6. The van der Waals surface area contributed by atoms with Gasteiger partial charge in [-0.3, -0.25) is 0 Å². The van der Waals surface area contributed by atoms with Crippen LogP contribution in [0.3, 0.4) is 0 Å². The molecule has 0 saturated carbocycles. The molecule has 0 bridgehead atoms. The van der Waals surface area contributed by atoms with Gasteiger partial charge in [-0.05, 0) is 72.5 Å². The van der Waals surface area contributed by atoms with E-state index in [9.17, 15) is 0 Å². The van der Waals surface area contributed by atoms with Gasteiger partial charge in [0, 0.05) is 20.1 Å². The van der Waals surface area contributed by atoms with Gasteiger partial charge in [0.2, 0.25) is 0 Å². The van der Waals surface area contributed by atoms with E-state index in [-0.39, 0.29) is 0 Å². The maximum Gasteiger partial charge on any atom is 0.319 e. The highest BCUT2D eigenvalue weighted by molar-refractivity contribution is 9.10.